The van der Waals surface area contributed by atoms with Crippen molar-refractivity contribution in [3.63, 3.8) is 0 Å². The number of benzene rings is 1. The summed E-state index contributed by atoms with van der Waals surface area (Å²) in [5.74, 6) is 0.880. The zero-order chi connectivity index (χ0) is 17.2. The number of fused-ring (bicyclic) bond motifs is 1. The van der Waals surface area contributed by atoms with Gasteiger partial charge in [-0.3, -0.25) is 9.59 Å². The van der Waals surface area contributed by atoms with Crippen molar-refractivity contribution in [2.75, 3.05) is 39.4 Å². The molecular weight excluding hydrogens is 320 g/mol. The van der Waals surface area contributed by atoms with Crippen LogP contribution in [0.4, 0.5) is 0 Å². The molecule has 3 heterocycles. The van der Waals surface area contributed by atoms with E-state index in [4.69, 9.17) is 9.47 Å². The van der Waals surface area contributed by atoms with Crippen molar-refractivity contribution < 1.29 is 19.1 Å². The lowest BCUT2D eigenvalue weighted by Gasteiger charge is -2.36. The highest BCUT2D eigenvalue weighted by Crippen LogP contribution is 2.30. The molecule has 1 aromatic carbocycles. The minimum Gasteiger partial charge on any atom is -0.480 e. The minimum atomic E-state index is -0.449. The third kappa shape index (κ3) is 3.35. The molecule has 3 aliphatic rings. The Morgan fingerprint density at radius 2 is 1.80 bits per heavy atom. The van der Waals surface area contributed by atoms with Gasteiger partial charge in [0, 0.05) is 32.6 Å². The Hall–Kier alpha value is -2.08. The van der Waals surface area contributed by atoms with E-state index in [9.17, 15) is 9.59 Å². The number of hydrogen-bond donors (Lipinski definition) is 0. The summed E-state index contributed by atoms with van der Waals surface area (Å²) in [5.41, 5.74) is 1.08. The van der Waals surface area contributed by atoms with E-state index in [-0.39, 0.29) is 17.7 Å². The van der Waals surface area contributed by atoms with Gasteiger partial charge >= 0.3 is 0 Å². The summed E-state index contributed by atoms with van der Waals surface area (Å²) in [7, 11) is 0. The summed E-state index contributed by atoms with van der Waals surface area (Å²) in [6, 6.07) is 7.80. The highest BCUT2D eigenvalue weighted by molar-refractivity contribution is 5.84. The number of carbonyl (C=O) groups is 2. The summed E-state index contributed by atoms with van der Waals surface area (Å²) in [6.07, 6.45) is 1.89. The summed E-state index contributed by atoms with van der Waals surface area (Å²) in [5, 5.41) is 0. The number of piperidine rings is 1. The monoisotopic (exact) mass is 344 g/mol. The molecule has 6 nitrogen and oxygen atoms in total. The van der Waals surface area contributed by atoms with Crippen LogP contribution in [0.25, 0.3) is 0 Å². The number of para-hydroxylation sites is 1. The summed E-state index contributed by atoms with van der Waals surface area (Å²) < 4.78 is 11.2. The third-order valence-corrected chi connectivity index (χ3v) is 5.33. The van der Waals surface area contributed by atoms with Gasteiger partial charge in [-0.25, -0.2) is 0 Å². The van der Waals surface area contributed by atoms with Crippen LogP contribution >= 0.6 is 0 Å². The van der Waals surface area contributed by atoms with E-state index >= 15 is 0 Å². The molecule has 0 spiro atoms. The fourth-order valence-corrected chi connectivity index (χ4v) is 3.94. The van der Waals surface area contributed by atoms with Crippen molar-refractivity contribution in [2.45, 2.75) is 25.4 Å². The Morgan fingerprint density at radius 1 is 1.00 bits per heavy atom. The molecule has 0 saturated carbocycles. The SMILES string of the molecule is O=C(C1CCCN(C(=O)C2Cc3ccccc3O2)C1)N1CCOCC1. The molecule has 0 N–H and O–H groups in total. The van der Waals surface area contributed by atoms with Crippen molar-refractivity contribution in [3.05, 3.63) is 29.8 Å². The van der Waals surface area contributed by atoms with Gasteiger partial charge in [0.1, 0.15) is 5.75 Å². The third-order valence-electron chi connectivity index (χ3n) is 5.33. The smallest absolute Gasteiger partial charge is 0.264 e. The van der Waals surface area contributed by atoms with Crippen LogP contribution in [0, 0.1) is 5.92 Å². The van der Waals surface area contributed by atoms with Crippen LogP contribution in [0.5, 0.6) is 5.75 Å². The highest BCUT2D eigenvalue weighted by Gasteiger charge is 2.37. The first-order valence-electron chi connectivity index (χ1n) is 9.12. The Morgan fingerprint density at radius 3 is 2.60 bits per heavy atom. The maximum Gasteiger partial charge on any atom is 0.264 e. The van der Waals surface area contributed by atoms with Gasteiger partial charge in [-0.1, -0.05) is 18.2 Å². The van der Waals surface area contributed by atoms with Crippen LogP contribution in [0.3, 0.4) is 0 Å². The second kappa shape index (κ2) is 7.04. The molecule has 4 rings (SSSR count). The van der Waals surface area contributed by atoms with Crippen LogP contribution in [0.15, 0.2) is 24.3 Å². The maximum absolute atomic E-state index is 12.9. The molecule has 2 unspecified atom stereocenters. The van der Waals surface area contributed by atoms with E-state index in [0.717, 1.165) is 24.2 Å². The Bertz CT molecular complexity index is 632. The van der Waals surface area contributed by atoms with Gasteiger partial charge in [-0.2, -0.15) is 0 Å². The van der Waals surface area contributed by atoms with Crippen LogP contribution in [0.1, 0.15) is 18.4 Å². The molecule has 2 amide bonds. The van der Waals surface area contributed by atoms with Crippen molar-refractivity contribution in [3.8, 4) is 5.75 Å². The molecule has 0 aromatic heterocycles. The van der Waals surface area contributed by atoms with Crippen molar-refractivity contribution in [1.82, 2.24) is 9.80 Å². The first kappa shape index (κ1) is 16.4. The second-order valence-electron chi connectivity index (χ2n) is 6.98. The van der Waals surface area contributed by atoms with E-state index in [1.165, 1.54) is 0 Å². The van der Waals surface area contributed by atoms with Gasteiger partial charge in [0.05, 0.1) is 19.1 Å². The zero-order valence-corrected chi connectivity index (χ0v) is 14.4. The second-order valence-corrected chi connectivity index (χ2v) is 6.98. The molecule has 25 heavy (non-hydrogen) atoms. The van der Waals surface area contributed by atoms with E-state index in [2.05, 4.69) is 0 Å². The molecule has 0 radical (unpaired) electrons. The first-order chi connectivity index (χ1) is 12.2. The zero-order valence-electron chi connectivity index (χ0n) is 14.4. The largest absolute Gasteiger partial charge is 0.480 e. The van der Waals surface area contributed by atoms with Crippen LogP contribution in [-0.4, -0.2) is 67.1 Å². The van der Waals surface area contributed by atoms with E-state index in [1.807, 2.05) is 34.1 Å². The topological polar surface area (TPSA) is 59.1 Å². The van der Waals surface area contributed by atoms with Gasteiger partial charge in [-0.15, -0.1) is 0 Å². The number of morpholine rings is 1. The van der Waals surface area contributed by atoms with Gasteiger partial charge in [0.15, 0.2) is 6.10 Å². The van der Waals surface area contributed by atoms with Crippen LogP contribution in [0.2, 0.25) is 0 Å². The summed E-state index contributed by atoms with van der Waals surface area (Å²) >= 11 is 0. The quantitative estimate of drug-likeness (QED) is 0.806. The highest BCUT2D eigenvalue weighted by atomic mass is 16.5. The number of likely N-dealkylation sites (tertiary alicyclic amines) is 1. The molecular formula is C19H24N2O4. The summed E-state index contributed by atoms with van der Waals surface area (Å²) in [6.45, 7) is 3.74. The first-order valence-corrected chi connectivity index (χ1v) is 9.12. The Kier molecular flexibility index (Phi) is 4.61. The van der Waals surface area contributed by atoms with E-state index < -0.39 is 6.10 Å². The number of rotatable bonds is 2. The molecule has 6 heteroatoms. The molecule has 2 fully saturated rings. The summed E-state index contributed by atoms with van der Waals surface area (Å²) in [4.78, 5) is 29.3. The predicted molar refractivity (Wildman–Crippen MR) is 91.3 cm³/mol. The molecule has 1 aromatic rings. The Labute approximate surface area is 147 Å². The predicted octanol–water partition coefficient (Wildman–Crippen LogP) is 1.09. The van der Waals surface area contributed by atoms with E-state index in [0.29, 0.717) is 45.8 Å². The fraction of sp³-hybridized carbons (Fsp3) is 0.579. The number of hydrogen-bond acceptors (Lipinski definition) is 4. The molecule has 0 bridgehead atoms. The number of carbonyl (C=O) groups excluding carboxylic acids is 2. The molecule has 2 saturated heterocycles. The van der Waals surface area contributed by atoms with Crippen molar-refractivity contribution in [1.29, 1.82) is 0 Å². The number of nitrogens with zero attached hydrogens (tertiary/aromatic N) is 2. The lowest BCUT2D eigenvalue weighted by Crippen LogP contribution is -2.51. The number of amides is 2. The Balaban J connectivity index is 1.38. The molecule has 2 atom stereocenters. The molecule has 3 aliphatic heterocycles. The average Bonchev–Trinajstić information content (AvgIpc) is 3.12. The molecule has 0 aliphatic carbocycles. The maximum atomic E-state index is 12.9. The van der Waals surface area contributed by atoms with Crippen LogP contribution < -0.4 is 4.74 Å². The van der Waals surface area contributed by atoms with Gasteiger partial charge < -0.3 is 19.3 Å². The normalized spacial score (nSPS) is 26.1. The lowest BCUT2D eigenvalue weighted by molar-refractivity contribution is -0.146. The van der Waals surface area contributed by atoms with Crippen LogP contribution in [-0.2, 0) is 20.7 Å². The van der Waals surface area contributed by atoms with Gasteiger partial charge in [0.25, 0.3) is 5.91 Å². The number of ether oxygens (including phenoxy) is 2. The van der Waals surface area contributed by atoms with Gasteiger partial charge in [-0.05, 0) is 24.5 Å². The minimum absolute atomic E-state index is 0.00989. The average molecular weight is 344 g/mol. The fourth-order valence-electron chi connectivity index (χ4n) is 3.94. The standard InChI is InChI=1S/C19H24N2O4/c22-18(20-8-10-24-11-9-20)15-5-3-7-21(13-15)19(23)17-12-14-4-1-2-6-16(14)25-17/h1-2,4,6,15,17H,3,5,7-13H2. The van der Waals surface area contributed by atoms with E-state index in [1.54, 1.807) is 0 Å². The van der Waals surface area contributed by atoms with Crippen molar-refractivity contribution >= 4 is 11.8 Å². The van der Waals surface area contributed by atoms with Gasteiger partial charge in [0.2, 0.25) is 5.91 Å². The molecule has 134 valence electrons. The lowest BCUT2D eigenvalue weighted by atomic mass is 9.95. The van der Waals surface area contributed by atoms with Crippen molar-refractivity contribution in [2.24, 2.45) is 5.92 Å².